The molecule has 2 rings (SSSR count). The second-order valence-corrected chi connectivity index (χ2v) is 5.57. The summed E-state index contributed by atoms with van der Waals surface area (Å²) in [4.78, 5) is 7.75. The van der Waals surface area contributed by atoms with Crippen LogP contribution in [-0.2, 0) is 12.7 Å². The number of pyridine rings is 1. The Morgan fingerprint density at radius 1 is 1.38 bits per heavy atom. The molecule has 4 nitrogen and oxygen atoms in total. The summed E-state index contributed by atoms with van der Waals surface area (Å²) in [6.45, 7) is 2.09. The van der Waals surface area contributed by atoms with E-state index in [4.69, 9.17) is 18.0 Å². The van der Waals surface area contributed by atoms with Gasteiger partial charge in [-0.15, -0.1) is 11.3 Å². The van der Waals surface area contributed by atoms with Gasteiger partial charge in [-0.05, 0) is 19.1 Å². The summed E-state index contributed by atoms with van der Waals surface area (Å²) in [5.74, 6) is 0.00479. The summed E-state index contributed by atoms with van der Waals surface area (Å²) in [5, 5.41) is 5.39. The van der Waals surface area contributed by atoms with Crippen LogP contribution in [0, 0.1) is 6.92 Å². The van der Waals surface area contributed by atoms with Gasteiger partial charge in [0.1, 0.15) is 21.5 Å². The zero-order valence-corrected chi connectivity index (χ0v) is 12.5. The lowest BCUT2D eigenvalue weighted by molar-refractivity contribution is -0.141. The zero-order valence-electron chi connectivity index (χ0n) is 10.9. The third-order valence-electron chi connectivity index (χ3n) is 2.52. The lowest BCUT2D eigenvalue weighted by Gasteiger charge is -2.12. The highest BCUT2D eigenvalue weighted by atomic mass is 32.1. The number of nitrogens with one attached hydrogen (secondary N) is 1. The number of aromatic nitrogens is 2. The molecule has 0 bridgehead atoms. The lowest BCUT2D eigenvalue weighted by atomic mass is 10.2. The molecule has 112 valence electrons. The van der Waals surface area contributed by atoms with E-state index in [0.717, 1.165) is 16.8 Å². The van der Waals surface area contributed by atoms with Crippen LogP contribution < -0.4 is 11.1 Å². The highest BCUT2D eigenvalue weighted by molar-refractivity contribution is 7.80. The first kappa shape index (κ1) is 15.6. The molecule has 0 saturated carbocycles. The van der Waals surface area contributed by atoms with Crippen molar-refractivity contribution in [2.45, 2.75) is 19.6 Å². The van der Waals surface area contributed by atoms with Gasteiger partial charge in [-0.3, -0.25) is 0 Å². The highest BCUT2D eigenvalue weighted by Crippen LogP contribution is 2.29. The van der Waals surface area contributed by atoms with Crippen molar-refractivity contribution in [2.75, 3.05) is 5.32 Å². The molecule has 2 heterocycles. The van der Waals surface area contributed by atoms with Crippen LogP contribution in [0.1, 0.15) is 22.0 Å². The maximum absolute atomic E-state index is 12.7. The molecule has 2 aromatic heterocycles. The Bertz CT molecular complexity index is 667. The van der Waals surface area contributed by atoms with E-state index in [2.05, 4.69) is 15.3 Å². The smallest absolute Gasteiger partial charge is 0.389 e. The summed E-state index contributed by atoms with van der Waals surface area (Å²) in [6.07, 6.45) is -4.52. The average molecular weight is 332 g/mol. The van der Waals surface area contributed by atoms with E-state index >= 15 is 0 Å². The minimum atomic E-state index is -4.52. The number of nitrogens with two attached hydrogens (primary N) is 1. The standard InChI is InChI=1S/C12H11F3N4S2/c1-6-5-21-9(18-6)4-17-11-7(10(16)20)2-3-8(19-11)12(13,14)15/h2-3,5H,4H2,1H3,(H2,16,20)(H,17,19). The summed E-state index contributed by atoms with van der Waals surface area (Å²) >= 11 is 6.23. The number of nitrogens with zero attached hydrogens (tertiary/aromatic N) is 2. The first-order valence-corrected chi connectivity index (χ1v) is 7.09. The Kier molecular flexibility index (Phi) is 4.43. The summed E-state index contributed by atoms with van der Waals surface area (Å²) in [6, 6.07) is 2.07. The molecule has 0 fully saturated rings. The molecule has 0 unspecified atom stereocenters. The topological polar surface area (TPSA) is 63.8 Å². The van der Waals surface area contributed by atoms with Crippen molar-refractivity contribution in [3.05, 3.63) is 39.5 Å². The number of anilines is 1. The summed E-state index contributed by atoms with van der Waals surface area (Å²) < 4.78 is 38.1. The highest BCUT2D eigenvalue weighted by Gasteiger charge is 2.33. The fourth-order valence-corrected chi connectivity index (χ4v) is 2.47. The molecule has 3 N–H and O–H groups in total. The van der Waals surface area contributed by atoms with Crippen LogP contribution in [0.5, 0.6) is 0 Å². The number of hydrogen-bond donors (Lipinski definition) is 2. The Balaban J connectivity index is 2.28. The van der Waals surface area contributed by atoms with Crippen LogP contribution in [0.25, 0.3) is 0 Å². The Hall–Kier alpha value is -1.74. The molecular formula is C12H11F3N4S2. The quantitative estimate of drug-likeness (QED) is 0.842. The van der Waals surface area contributed by atoms with E-state index in [1.807, 2.05) is 12.3 Å². The molecule has 0 atom stereocenters. The number of hydrogen-bond acceptors (Lipinski definition) is 5. The van der Waals surface area contributed by atoms with Crippen LogP contribution in [0.15, 0.2) is 17.5 Å². The van der Waals surface area contributed by atoms with Gasteiger partial charge >= 0.3 is 6.18 Å². The molecule has 0 aliphatic heterocycles. The van der Waals surface area contributed by atoms with Crippen LogP contribution >= 0.6 is 23.6 Å². The fraction of sp³-hybridized carbons (Fsp3) is 0.250. The molecule has 0 aliphatic carbocycles. The predicted molar refractivity (Wildman–Crippen MR) is 79.3 cm³/mol. The maximum atomic E-state index is 12.7. The van der Waals surface area contributed by atoms with Gasteiger partial charge in [0.2, 0.25) is 0 Å². The third kappa shape index (κ3) is 3.88. The summed E-state index contributed by atoms with van der Waals surface area (Å²) in [7, 11) is 0. The van der Waals surface area contributed by atoms with Crippen molar-refractivity contribution in [3.8, 4) is 0 Å². The molecule has 0 aliphatic rings. The second-order valence-electron chi connectivity index (χ2n) is 4.19. The van der Waals surface area contributed by atoms with E-state index in [1.54, 1.807) is 0 Å². The van der Waals surface area contributed by atoms with Crippen molar-refractivity contribution >= 4 is 34.4 Å². The van der Waals surface area contributed by atoms with Crippen molar-refractivity contribution in [1.82, 2.24) is 9.97 Å². The van der Waals surface area contributed by atoms with Gasteiger partial charge < -0.3 is 11.1 Å². The number of rotatable bonds is 4. The monoisotopic (exact) mass is 332 g/mol. The molecule has 0 aromatic carbocycles. The fourth-order valence-electron chi connectivity index (χ4n) is 1.59. The minimum Gasteiger partial charge on any atom is -0.389 e. The van der Waals surface area contributed by atoms with Gasteiger partial charge in [0.25, 0.3) is 0 Å². The third-order valence-corrected chi connectivity index (χ3v) is 3.71. The number of alkyl halides is 3. The van der Waals surface area contributed by atoms with Crippen LogP contribution in [0.2, 0.25) is 0 Å². The summed E-state index contributed by atoms with van der Waals surface area (Å²) in [5.41, 5.74) is 5.62. The number of halogens is 3. The molecule has 0 radical (unpaired) electrons. The Morgan fingerprint density at radius 3 is 2.62 bits per heavy atom. The molecule has 9 heteroatoms. The van der Waals surface area contributed by atoms with Gasteiger partial charge in [0.05, 0.1) is 12.1 Å². The van der Waals surface area contributed by atoms with Crippen LogP contribution in [0.4, 0.5) is 19.0 Å². The average Bonchev–Trinajstić information content (AvgIpc) is 2.80. The molecule has 0 saturated heterocycles. The van der Waals surface area contributed by atoms with E-state index in [0.29, 0.717) is 0 Å². The van der Waals surface area contributed by atoms with E-state index < -0.39 is 11.9 Å². The van der Waals surface area contributed by atoms with Gasteiger partial charge in [0.15, 0.2) is 0 Å². The van der Waals surface area contributed by atoms with Crippen molar-refractivity contribution in [1.29, 1.82) is 0 Å². The lowest BCUT2D eigenvalue weighted by Crippen LogP contribution is -2.17. The van der Waals surface area contributed by atoms with E-state index in [1.165, 1.54) is 17.4 Å². The normalized spacial score (nSPS) is 11.4. The minimum absolute atomic E-state index is 0.00479. The van der Waals surface area contributed by atoms with Gasteiger partial charge in [-0.2, -0.15) is 13.2 Å². The van der Waals surface area contributed by atoms with Gasteiger partial charge in [-0.1, -0.05) is 12.2 Å². The van der Waals surface area contributed by atoms with Crippen molar-refractivity contribution < 1.29 is 13.2 Å². The Morgan fingerprint density at radius 2 is 2.10 bits per heavy atom. The first-order chi connectivity index (χ1) is 9.77. The number of thiazole rings is 1. The first-order valence-electron chi connectivity index (χ1n) is 5.80. The maximum Gasteiger partial charge on any atom is 0.433 e. The van der Waals surface area contributed by atoms with Crippen molar-refractivity contribution in [3.63, 3.8) is 0 Å². The van der Waals surface area contributed by atoms with Crippen LogP contribution in [-0.4, -0.2) is 15.0 Å². The van der Waals surface area contributed by atoms with Crippen molar-refractivity contribution in [2.24, 2.45) is 5.73 Å². The van der Waals surface area contributed by atoms with E-state index in [9.17, 15) is 13.2 Å². The van der Waals surface area contributed by atoms with Crippen LogP contribution in [0.3, 0.4) is 0 Å². The molecule has 2 aromatic rings. The van der Waals surface area contributed by atoms with Gasteiger partial charge in [-0.25, -0.2) is 9.97 Å². The second kappa shape index (κ2) is 5.94. The predicted octanol–water partition coefficient (Wildman–Crippen LogP) is 3.11. The molecule has 0 spiro atoms. The number of thiocarbonyl (C=S) groups is 1. The molecule has 0 amide bonds. The SMILES string of the molecule is Cc1csc(CNc2nc(C(F)(F)F)ccc2C(N)=S)n1. The molecular weight excluding hydrogens is 321 g/mol. The molecule has 21 heavy (non-hydrogen) atoms. The largest absolute Gasteiger partial charge is 0.433 e. The zero-order chi connectivity index (χ0) is 15.6. The Labute approximate surface area is 128 Å². The van der Waals surface area contributed by atoms with Gasteiger partial charge in [0, 0.05) is 11.1 Å². The van der Waals surface area contributed by atoms with E-state index in [-0.39, 0.29) is 22.9 Å². The number of aryl methyl sites for hydroxylation is 1.